The van der Waals surface area contributed by atoms with Gasteiger partial charge in [0, 0.05) is 6.42 Å². The van der Waals surface area contributed by atoms with E-state index < -0.39 is 0 Å². The standard InChI is InChI=1S/C22H42O2S/c1-8-9-15-22(6,7)16-11-13-19(5)18(4)12-10-14-20(23)24-21(25)17(2)3/h11,13,17-19,21,25H,8-10,12,14-16H2,1-7H3. The number of thiol groups is 1. The molecule has 0 N–H and O–H groups in total. The summed E-state index contributed by atoms with van der Waals surface area (Å²) in [5.74, 6) is 1.26. The van der Waals surface area contributed by atoms with Gasteiger partial charge >= 0.3 is 5.97 Å². The lowest BCUT2D eigenvalue weighted by molar-refractivity contribution is -0.146. The lowest BCUT2D eigenvalue weighted by Crippen LogP contribution is -2.18. The first-order chi connectivity index (χ1) is 11.6. The van der Waals surface area contributed by atoms with Crippen LogP contribution in [0.3, 0.4) is 0 Å². The molecule has 0 aliphatic heterocycles. The van der Waals surface area contributed by atoms with Gasteiger partial charge < -0.3 is 4.74 Å². The molecular weight excluding hydrogens is 328 g/mol. The molecule has 25 heavy (non-hydrogen) atoms. The molecule has 0 aliphatic carbocycles. The van der Waals surface area contributed by atoms with Crippen molar-refractivity contribution in [3.8, 4) is 0 Å². The van der Waals surface area contributed by atoms with Gasteiger partial charge in [-0.25, -0.2) is 0 Å². The molecule has 0 aromatic carbocycles. The van der Waals surface area contributed by atoms with Crippen molar-refractivity contribution in [2.24, 2.45) is 23.2 Å². The van der Waals surface area contributed by atoms with Crippen molar-refractivity contribution in [1.29, 1.82) is 0 Å². The highest BCUT2D eigenvalue weighted by Crippen LogP contribution is 2.29. The van der Waals surface area contributed by atoms with Crippen LogP contribution in [-0.2, 0) is 9.53 Å². The SMILES string of the molecule is CCCCC(C)(C)CC=CC(C)C(C)CCCC(=O)OC(S)C(C)C. The third-order valence-corrected chi connectivity index (χ3v) is 5.78. The van der Waals surface area contributed by atoms with Crippen molar-refractivity contribution in [3.63, 3.8) is 0 Å². The molecule has 0 aliphatic rings. The number of unbranched alkanes of at least 4 members (excludes halogenated alkanes) is 1. The predicted octanol–water partition coefficient (Wildman–Crippen LogP) is 7.05. The van der Waals surface area contributed by atoms with Crippen LogP contribution in [0.15, 0.2) is 12.2 Å². The molecule has 3 atom stereocenters. The molecule has 0 spiro atoms. The fourth-order valence-electron chi connectivity index (χ4n) is 2.71. The molecule has 3 heteroatoms. The van der Waals surface area contributed by atoms with Crippen molar-refractivity contribution in [2.75, 3.05) is 0 Å². The molecule has 3 unspecified atom stereocenters. The van der Waals surface area contributed by atoms with E-state index in [-0.39, 0.29) is 17.3 Å². The molecule has 0 fully saturated rings. The van der Waals surface area contributed by atoms with Crippen molar-refractivity contribution in [3.05, 3.63) is 12.2 Å². The number of ether oxygens (including phenoxy) is 1. The van der Waals surface area contributed by atoms with E-state index in [0.29, 0.717) is 23.7 Å². The third kappa shape index (κ3) is 12.5. The van der Waals surface area contributed by atoms with Crippen LogP contribution in [0.5, 0.6) is 0 Å². The summed E-state index contributed by atoms with van der Waals surface area (Å²) in [7, 11) is 0. The van der Waals surface area contributed by atoms with E-state index in [1.54, 1.807) is 0 Å². The second-order valence-electron chi connectivity index (χ2n) is 8.75. The maximum Gasteiger partial charge on any atom is 0.306 e. The molecule has 0 bridgehead atoms. The molecule has 2 nitrogen and oxygen atoms in total. The highest BCUT2D eigenvalue weighted by atomic mass is 32.1. The van der Waals surface area contributed by atoms with E-state index in [9.17, 15) is 4.79 Å². The smallest absolute Gasteiger partial charge is 0.306 e. The van der Waals surface area contributed by atoms with Gasteiger partial charge in [0.05, 0.1) is 0 Å². The minimum atomic E-state index is -0.289. The Kier molecular flexibility index (Phi) is 12.6. The molecule has 0 aromatic heterocycles. The summed E-state index contributed by atoms with van der Waals surface area (Å²) in [5.41, 5.74) is 0.113. The van der Waals surface area contributed by atoms with E-state index in [0.717, 1.165) is 19.3 Å². The van der Waals surface area contributed by atoms with Crippen molar-refractivity contribution < 1.29 is 9.53 Å². The molecule has 0 saturated heterocycles. The monoisotopic (exact) mass is 370 g/mol. The summed E-state index contributed by atoms with van der Waals surface area (Å²) in [6.45, 7) is 15.5. The lowest BCUT2D eigenvalue weighted by atomic mass is 9.83. The Balaban J connectivity index is 4.07. The number of hydrogen-bond donors (Lipinski definition) is 1. The van der Waals surface area contributed by atoms with Gasteiger partial charge in [0.2, 0.25) is 0 Å². The van der Waals surface area contributed by atoms with E-state index in [1.165, 1.54) is 19.3 Å². The van der Waals surface area contributed by atoms with Crippen molar-refractivity contribution in [2.45, 2.75) is 98.8 Å². The number of rotatable bonds is 13. The van der Waals surface area contributed by atoms with E-state index in [1.807, 2.05) is 13.8 Å². The first-order valence-corrected chi connectivity index (χ1v) is 10.6. The molecule has 148 valence electrons. The first-order valence-electron chi connectivity index (χ1n) is 10.1. The summed E-state index contributed by atoms with van der Waals surface area (Å²) in [6, 6.07) is 0. The van der Waals surface area contributed by atoms with E-state index >= 15 is 0 Å². The van der Waals surface area contributed by atoms with Gasteiger partial charge in [-0.1, -0.05) is 73.5 Å². The van der Waals surface area contributed by atoms with Crippen LogP contribution in [0.25, 0.3) is 0 Å². The van der Waals surface area contributed by atoms with Crippen LogP contribution < -0.4 is 0 Å². The molecular formula is C22H42O2S. The second-order valence-corrected chi connectivity index (χ2v) is 9.26. The van der Waals surface area contributed by atoms with Gasteiger partial charge in [0.1, 0.15) is 5.44 Å². The Morgan fingerprint density at radius 1 is 1.16 bits per heavy atom. The van der Waals surface area contributed by atoms with Crippen LogP contribution in [-0.4, -0.2) is 11.4 Å². The summed E-state index contributed by atoms with van der Waals surface area (Å²) in [5, 5.41) is 0. The molecule has 0 saturated carbocycles. The highest BCUT2D eigenvalue weighted by molar-refractivity contribution is 7.80. The second kappa shape index (κ2) is 12.8. The molecule has 0 radical (unpaired) electrons. The maximum absolute atomic E-state index is 11.8. The summed E-state index contributed by atoms with van der Waals surface area (Å²) in [4.78, 5) is 11.8. The van der Waals surface area contributed by atoms with E-state index in [2.05, 4.69) is 59.4 Å². The Morgan fingerprint density at radius 2 is 1.80 bits per heavy atom. The van der Waals surface area contributed by atoms with Crippen LogP contribution in [0.1, 0.15) is 93.4 Å². The minimum Gasteiger partial charge on any atom is -0.451 e. The number of allylic oxidation sites excluding steroid dienone is 2. The predicted molar refractivity (Wildman–Crippen MR) is 113 cm³/mol. The zero-order valence-corrected chi connectivity index (χ0v) is 18.6. The quantitative estimate of drug-likeness (QED) is 0.163. The zero-order valence-electron chi connectivity index (χ0n) is 17.7. The molecule has 0 aromatic rings. The maximum atomic E-state index is 11.8. The Morgan fingerprint density at radius 3 is 2.36 bits per heavy atom. The highest BCUT2D eigenvalue weighted by Gasteiger charge is 2.17. The Hall–Kier alpha value is -0.440. The number of carbonyl (C=O) groups is 1. The number of carbonyl (C=O) groups excluding carboxylic acids is 1. The van der Waals surface area contributed by atoms with Crippen molar-refractivity contribution in [1.82, 2.24) is 0 Å². The first kappa shape index (κ1) is 24.6. The Labute approximate surface area is 162 Å². The van der Waals surface area contributed by atoms with Gasteiger partial charge in [0.25, 0.3) is 0 Å². The topological polar surface area (TPSA) is 26.3 Å². The van der Waals surface area contributed by atoms with E-state index in [4.69, 9.17) is 4.74 Å². The molecule has 0 amide bonds. The van der Waals surface area contributed by atoms with Crippen LogP contribution in [0.2, 0.25) is 0 Å². The van der Waals surface area contributed by atoms with Gasteiger partial charge in [-0.05, 0) is 48.9 Å². The van der Waals surface area contributed by atoms with Crippen LogP contribution in [0.4, 0.5) is 0 Å². The average Bonchev–Trinajstić information content (AvgIpc) is 2.52. The molecule has 0 heterocycles. The summed E-state index contributed by atoms with van der Waals surface area (Å²) < 4.78 is 5.30. The van der Waals surface area contributed by atoms with Gasteiger partial charge in [-0.3, -0.25) is 4.79 Å². The van der Waals surface area contributed by atoms with Crippen LogP contribution >= 0.6 is 12.6 Å². The fourth-order valence-corrected chi connectivity index (χ4v) is 2.83. The lowest BCUT2D eigenvalue weighted by Gasteiger charge is -2.23. The van der Waals surface area contributed by atoms with Crippen LogP contribution in [0, 0.1) is 23.2 Å². The largest absolute Gasteiger partial charge is 0.451 e. The van der Waals surface area contributed by atoms with Crippen molar-refractivity contribution >= 4 is 18.6 Å². The number of esters is 1. The van der Waals surface area contributed by atoms with Gasteiger partial charge in [0.15, 0.2) is 0 Å². The third-order valence-electron chi connectivity index (χ3n) is 5.08. The normalized spacial score (nSPS) is 16.2. The average molecular weight is 371 g/mol. The van der Waals surface area contributed by atoms with Gasteiger partial charge in [-0.2, -0.15) is 0 Å². The zero-order chi connectivity index (χ0) is 19.5. The summed E-state index contributed by atoms with van der Waals surface area (Å²) >= 11 is 4.29. The van der Waals surface area contributed by atoms with Gasteiger partial charge in [-0.15, -0.1) is 12.6 Å². The fraction of sp³-hybridized carbons (Fsp3) is 0.864. The summed E-state index contributed by atoms with van der Waals surface area (Å²) in [6.07, 6.45) is 12.2. The molecule has 0 rings (SSSR count). The minimum absolute atomic E-state index is 0.123. The Bertz CT molecular complexity index is 387. The number of hydrogen-bond acceptors (Lipinski definition) is 3.